The van der Waals surface area contributed by atoms with Crippen LogP contribution in [-0.2, 0) is 6.42 Å². The quantitative estimate of drug-likeness (QED) is 0.754. The SMILES string of the molecule is O=c1cc2c(c[nH]1)[C@@H](c1ccccc1)C[C@@H](c1ccccc1)C2. The van der Waals surface area contributed by atoms with E-state index in [-0.39, 0.29) is 5.56 Å². The number of H-pyrrole nitrogens is 1. The van der Waals surface area contributed by atoms with E-state index < -0.39 is 0 Å². The van der Waals surface area contributed by atoms with Crippen molar-refractivity contribution in [1.29, 1.82) is 0 Å². The first-order chi connectivity index (χ1) is 11.3. The van der Waals surface area contributed by atoms with Crippen molar-refractivity contribution in [3.63, 3.8) is 0 Å². The summed E-state index contributed by atoms with van der Waals surface area (Å²) in [7, 11) is 0. The number of aromatic amines is 1. The highest BCUT2D eigenvalue weighted by Crippen LogP contribution is 2.42. The molecule has 0 fully saturated rings. The van der Waals surface area contributed by atoms with E-state index in [2.05, 4.69) is 65.6 Å². The molecule has 114 valence electrons. The van der Waals surface area contributed by atoms with Gasteiger partial charge in [-0.05, 0) is 41.0 Å². The van der Waals surface area contributed by atoms with Crippen molar-refractivity contribution >= 4 is 0 Å². The second kappa shape index (κ2) is 5.88. The molecule has 4 rings (SSSR count). The fourth-order valence-electron chi connectivity index (χ4n) is 3.77. The second-order valence-corrected chi connectivity index (χ2v) is 6.29. The van der Waals surface area contributed by atoms with Crippen molar-refractivity contribution in [2.45, 2.75) is 24.7 Å². The van der Waals surface area contributed by atoms with Crippen molar-refractivity contribution in [1.82, 2.24) is 4.98 Å². The standard InChI is InChI=1S/C21H19NO/c23-21-13-18-11-17(15-7-3-1-4-8-15)12-19(20(18)14-22-21)16-9-5-2-6-10-16/h1-10,13-14,17,19H,11-12H2,(H,22,23)/t17-,19+/m0/s1. The minimum Gasteiger partial charge on any atom is -0.329 e. The Bertz CT molecular complexity index is 852. The molecule has 1 aliphatic carbocycles. The molecule has 0 saturated carbocycles. The third-order valence-electron chi connectivity index (χ3n) is 4.88. The molecule has 2 nitrogen and oxygen atoms in total. The number of aromatic nitrogens is 1. The van der Waals surface area contributed by atoms with E-state index >= 15 is 0 Å². The van der Waals surface area contributed by atoms with Gasteiger partial charge in [-0.1, -0.05) is 60.7 Å². The lowest BCUT2D eigenvalue weighted by Gasteiger charge is -2.32. The molecule has 0 radical (unpaired) electrons. The van der Waals surface area contributed by atoms with Gasteiger partial charge < -0.3 is 4.98 Å². The summed E-state index contributed by atoms with van der Waals surface area (Å²) in [6, 6.07) is 23.0. The fourth-order valence-corrected chi connectivity index (χ4v) is 3.77. The molecule has 2 atom stereocenters. The van der Waals surface area contributed by atoms with Crippen molar-refractivity contribution in [3.05, 3.63) is 106 Å². The normalized spacial score (nSPS) is 20.0. The number of hydrogen-bond acceptors (Lipinski definition) is 1. The lowest BCUT2D eigenvalue weighted by molar-refractivity contribution is 0.534. The Morgan fingerprint density at radius 2 is 1.52 bits per heavy atom. The smallest absolute Gasteiger partial charge is 0.248 e. The van der Waals surface area contributed by atoms with Crippen molar-refractivity contribution < 1.29 is 0 Å². The molecule has 2 aromatic carbocycles. The van der Waals surface area contributed by atoms with Gasteiger partial charge in [-0.2, -0.15) is 0 Å². The van der Waals surface area contributed by atoms with Crippen molar-refractivity contribution in [2.75, 3.05) is 0 Å². The van der Waals surface area contributed by atoms with Gasteiger partial charge in [0.1, 0.15) is 0 Å². The number of fused-ring (bicyclic) bond motifs is 1. The zero-order chi connectivity index (χ0) is 15.6. The lowest BCUT2D eigenvalue weighted by Crippen LogP contribution is -2.21. The third-order valence-corrected chi connectivity index (χ3v) is 4.88. The van der Waals surface area contributed by atoms with Crippen LogP contribution in [0.15, 0.2) is 77.7 Å². The molecule has 23 heavy (non-hydrogen) atoms. The average Bonchev–Trinajstić information content (AvgIpc) is 2.62. The lowest BCUT2D eigenvalue weighted by atomic mass is 9.72. The Labute approximate surface area is 135 Å². The van der Waals surface area contributed by atoms with Crippen LogP contribution >= 0.6 is 0 Å². The summed E-state index contributed by atoms with van der Waals surface area (Å²) in [4.78, 5) is 14.6. The van der Waals surface area contributed by atoms with Crippen LogP contribution in [0, 0.1) is 0 Å². The van der Waals surface area contributed by atoms with Gasteiger partial charge in [-0.15, -0.1) is 0 Å². The highest BCUT2D eigenvalue weighted by molar-refractivity contribution is 5.41. The highest BCUT2D eigenvalue weighted by Gasteiger charge is 2.29. The van der Waals surface area contributed by atoms with Crippen LogP contribution < -0.4 is 5.56 Å². The summed E-state index contributed by atoms with van der Waals surface area (Å²) in [6.07, 6.45) is 3.93. The number of hydrogen-bond donors (Lipinski definition) is 1. The van der Waals surface area contributed by atoms with E-state index in [1.54, 1.807) is 6.07 Å². The number of pyridine rings is 1. The molecule has 0 bridgehead atoms. The van der Waals surface area contributed by atoms with Crippen LogP contribution in [0.3, 0.4) is 0 Å². The van der Waals surface area contributed by atoms with E-state index in [9.17, 15) is 4.79 Å². The minimum atomic E-state index is -0.00993. The summed E-state index contributed by atoms with van der Waals surface area (Å²) in [5, 5.41) is 0. The van der Waals surface area contributed by atoms with Gasteiger partial charge in [0.15, 0.2) is 0 Å². The van der Waals surface area contributed by atoms with Crippen LogP contribution in [0.4, 0.5) is 0 Å². The molecule has 1 aromatic heterocycles. The van der Waals surface area contributed by atoms with Crippen LogP contribution in [-0.4, -0.2) is 4.98 Å². The van der Waals surface area contributed by atoms with E-state index in [0.717, 1.165) is 12.8 Å². The molecule has 0 spiro atoms. The Hall–Kier alpha value is -2.61. The molecule has 1 N–H and O–H groups in total. The van der Waals surface area contributed by atoms with Crippen molar-refractivity contribution in [2.24, 2.45) is 0 Å². The molecular weight excluding hydrogens is 282 g/mol. The largest absolute Gasteiger partial charge is 0.329 e. The Morgan fingerprint density at radius 1 is 0.870 bits per heavy atom. The highest BCUT2D eigenvalue weighted by atomic mass is 16.1. The van der Waals surface area contributed by atoms with E-state index in [1.165, 1.54) is 22.3 Å². The number of nitrogens with one attached hydrogen (secondary N) is 1. The van der Waals surface area contributed by atoms with Gasteiger partial charge in [0.25, 0.3) is 0 Å². The molecule has 0 unspecified atom stereocenters. The zero-order valence-corrected chi connectivity index (χ0v) is 12.9. The molecule has 0 amide bonds. The zero-order valence-electron chi connectivity index (χ0n) is 12.9. The Balaban J connectivity index is 1.81. The first-order valence-corrected chi connectivity index (χ1v) is 8.12. The molecular formula is C21H19NO. The minimum absolute atomic E-state index is 0.00993. The van der Waals surface area contributed by atoms with E-state index in [0.29, 0.717) is 11.8 Å². The molecule has 1 heterocycles. The maximum absolute atomic E-state index is 11.8. The summed E-state index contributed by atoms with van der Waals surface area (Å²) >= 11 is 0. The van der Waals surface area contributed by atoms with Gasteiger partial charge >= 0.3 is 0 Å². The van der Waals surface area contributed by atoms with Gasteiger partial charge in [0.2, 0.25) is 5.56 Å². The topological polar surface area (TPSA) is 32.9 Å². The Morgan fingerprint density at radius 3 is 2.22 bits per heavy atom. The van der Waals surface area contributed by atoms with Crippen molar-refractivity contribution in [3.8, 4) is 0 Å². The maximum atomic E-state index is 11.8. The Kier molecular flexibility index (Phi) is 3.58. The van der Waals surface area contributed by atoms with Crippen LogP contribution in [0.25, 0.3) is 0 Å². The van der Waals surface area contributed by atoms with Gasteiger partial charge in [-0.25, -0.2) is 0 Å². The first-order valence-electron chi connectivity index (χ1n) is 8.12. The summed E-state index contributed by atoms with van der Waals surface area (Å²) < 4.78 is 0. The predicted molar refractivity (Wildman–Crippen MR) is 92.9 cm³/mol. The van der Waals surface area contributed by atoms with Gasteiger partial charge in [-0.3, -0.25) is 4.79 Å². The fraction of sp³-hybridized carbons (Fsp3) is 0.190. The van der Waals surface area contributed by atoms with Gasteiger partial charge in [0, 0.05) is 18.2 Å². The number of rotatable bonds is 2. The molecule has 1 aliphatic rings. The monoisotopic (exact) mass is 301 g/mol. The molecule has 3 aromatic rings. The second-order valence-electron chi connectivity index (χ2n) is 6.29. The van der Waals surface area contributed by atoms with E-state index in [1.807, 2.05) is 6.20 Å². The van der Waals surface area contributed by atoms with Crippen LogP contribution in [0.2, 0.25) is 0 Å². The van der Waals surface area contributed by atoms with E-state index in [4.69, 9.17) is 0 Å². The summed E-state index contributed by atoms with van der Waals surface area (Å²) in [5.74, 6) is 0.790. The molecule has 2 heteroatoms. The molecule has 0 saturated heterocycles. The summed E-state index contributed by atoms with van der Waals surface area (Å²) in [6.45, 7) is 0. The summed E-state index contributed by atoms with van der Waals surface area (Å²) in [5.41, 5.74) is 5.12. The maximum Gasteiger partial charge on any atom is 0.248 e. The van der Waals surface area contributed by atoms with Gasteiger partial charge in [0.05, 0.1) is 0 Å². The first kappa shape index (κ1) is 14.0. The molecule has 0 aliphatic heterocycles. The third kappa shape index (κ3) is 2.72. The van der Waals surface area contributed by atoms with Crippen LogP contribution in [0.5, 0.6) is 0 Å². The van der Waals surface area contributed by atoms with Crippen LogP contribution in [0.1, 0.15) is 40.5 Å². The number of benzene rings is 2. The average molecular weight is 301 g/mol. The predicted octanol–water partition coefficient (Wildman–Crippen LogP) is 4.24.